The van der Waals surface area contributed by atoms with Gasteiger partial charge in [-0.25, -0.2) is 0 Å². The largest absolute Gasteiger partial charge is 0.497 e. The zero-order valence-corrected chi connectivity index (χ0v) is 21.9. The summed E-state index contributed by atoms with van der Waals surface area (Å²) in [6.45, 7) is 6.05. The Labute approximate surface area is 212 Å². The van der Waals surface area contributed by atoms with Gasteiger partial charge in [-0.3, -0.25) is 9.79 Å². The molecular formula is C24H33IN4O4. The number of nitrogens with zero attached hydrogens (tertiary/aromatic N) is 2. The molecule has 0 radical (unpaired) electrons. The van der Waals surface area contributed by atoms with Crippen LogP contribution in [-0.2, 0) is 4.79 Å². The molecule has 8 nitrogen and oxygen atoms in total. The van der Waals surface area contributed by atoms with Crippen molar-refractivity contribution < 1.29 is 19.0 Å². The van der Waals surface area contributed by atoms with Crippen LogP contribution in [-0.4, -0.2) is 52.3 Å². The van der Waals surface area contributed by atoms with Crippen LogP contribution >= 0.6 is 24.0 Å². The van der Waals surface area contributed by atoms with Crippen LogP contribution in [0.3, 0.4) is 0 Å². The standard InChI is InChI=1S/C24H32N4O4.HI/c1-5-25-24(27-17(2)19-15-18(30-3)11-12-21(19)31-4)26-13-8-14-28-20-9-6-7-10-22(20)32-16-23(28)29;/h6-7,9-12,15,17H,5,8,13-14,16H2,1-4H3,(H2,25,26,27);1H. The first-order valence-corrected chi connectivity index (χ1v) is 10.9. The molecule has 33 heavy (non-hydrogen) atoms. The molecule has 1 amide bonds. The number of anilines is 1. The molecular weight excluding hydrogens is 535 g/mol. The zero-order valence-electron chi connectivity index (χ0n) is 19.6. The van der Waals surface area contributed by atoms with Crippen LogP contribution in [0, 0.1) is 0 Å². The van der Waals surface area contributed by atoms with Crippen LogP contribution in [0.15, 0.2) is 47.5 Å². The average molecular weight is 568 g/mol. The van der Waals surface area contributed by atoms with Crippen molar-refractivity contribution in [2.75, 3.05) is 45.4 Å². The van der Waals surface area contributed by atoms with E-state index in [1.165, 1.54) is 0 Å². The fourth-order valence-corrected chi connectivity index (χ4v) is 3.60. The Bertz CT molecular complexity index is 954. The predicted molar refractivity (Wildman–Crippen MR) is 141 cm³/mol. The highest BCUT2D eigenvalue weighted by atomic mass is 127. The number of para-hydroxylation sites is 2. The lowest BCUT2D eigenvalue weighted by Gasteiger charge is -2.29. The normalized spacial score (nSPS) is 13.9. The second-order valence-electron chi connectivity index (χ2n) is 7.39. The van der Waals surface area contributed by atoms with Gasteiger partial charge in [-0.05, 0) is 50.6 Å². The highest BCUT2D eigenvalue weighted by molar-refractivity contribution is 14.0. The van der Waals surface area contributed by atoms with E-state index in [1.807, 2.05) is 56.3 Å². The number of hydrogen-bond donors (Lipinski definition) is 2. The van der Waals surface area contributed by atoms with Crippen molar-refractivity contribution in [1.29, 1.82) is 0 Å². The number of methoxy groups -OCH3 is 2. The molecule has 2 aromatic carbocycles. The van der Waals surface area contributed by atoms with Crippen molar-refractivity contribution in [1.82, 2.24) is 10.6 Å². The minimum Gasteiger partial charge on any atom is -0.497 e. The first-order valence-electron chi connectivity index (χ1n) is 10.9. The maximum atomic E-state index is 12.3. The number of amides is 1. The van der Waals surface area contributed by atoms with Crippen molar-refractivity contribution in [3.05, 3.63) is 48.0 Å². The van der Waals surface area contributed by atoms with Crippen molar-refractivity contribution in [3.63, 3.8) is 0 Å². The molecule has 3 rings (SSSR count). The lowest BCUT2D eigenvalue weighted by atomic mass is 10.1. The Balaban J connectivity index is 0.00000385. The van der Waals surface area contributed by atoms with Crippen molar-refractivity contribution in [2.24, 2.45) is 4.99 Å². The first kappa shape index (κ1) is 26.6. The van der Waals surface area contributed by atoms with Gasteiger partial charge >= 0.3 is 0 Å². The van der Waals surface area contributed by atoms with E-state index in [4.69, 9.17) is 19.2 Å². The fraction of sp³-hybridized carbons (Fsp3) is 0.417. The monoisotopic (exact) mass is 568 g/mol. The Morgan fingerprint density at radius 1 is 1.21 bits per heavy atom. The molecule has 0 aromatic heterocycles. The van der Waals surface area contributed by atoms with E-state index in [-0.39, 0.29) is 42.5 Å². The highest BCUT2D eigenvalue weighted by Gasteiger charge is 2.24. The SMILES string of the molecule is CCNC(=NCCCN1C(=O)COc2ccccc21)NC(C)c1cc(OC)ccc1OC.I. The minimum atomic E-state index is -0.0504. The van der Waals surface area contributed by atoms with E-state index in [9.17, 15) is 4.79 Å². The van der Waals surface area contributed by atoms with Crippen molar-refractivity contribution >= 4 is 41.5 Å². The lowest BCUT2D eigenvalue weighted by molar-refractivity contribution is -0.121. The predicted octanol–water partition coefficient (Wildman–Crippen LogP) is 3.75. The number of aliphatic imine (C=N–C) groups is 1. The van der Waals surface area contributed by atoms with Crippen LogP contribution < -0.4 is 29.7 Å². The summed E-state index contributed by atoms with van der Waals surface area (Å²) >= 11 is 0. The number of rotatable bonds is 9. The van der Waals surface area contributed by atoms with Gasteiger partial charge in [0.15, 0.2) is 12.6 Å². The van der Waals surface area contributed by atoms with Crippen molar-refractivity contribution in [2.45, 2.75) is 26.3 Å². The van der Waals surface area contributed by atoms with Crippen molar-refractivity contribution in [3.8, 4) is 17.2 Å². The Hall–Kier alpha value is -2.69. The summed E-state index contributed by atoms with van der Waals surface area (Å²) in [4.78, 5) is 18.8. The number of carbonyl (C=O) groups excluding carboxylic acids is 1. The molecule has 2 N–H and O–H groups in total. The Morgan fingerprint density at radius 3 is 2.73 bits per heavy atom. The summed E-state index contributed by atoms with van der Waals surface area (Å²) in [7, 11) is 3.30. The molecule has 0 saturated carbocycles. The van der Waals surface area contributed by atoms with Gasteiger partial charge in [-0.15, -0.1) is 24.0 Å². The van der Waals surface area contributed by atoms with Gasteiger partial charge in [0.2, 0.25) is 0 Å². The smallest absolute Gasteiger partial charge is 0.265 e. The van der Waals surface area contributed by atoms with Crippen LogP contribution in [0.4, 0.5) is 5.69 Å². The van der Waals surface area contributed by atoms with Gasteiger partial charge in [-0.1, -0.05) is 12.1 Å². The molecule has 0 saturated heterocycles. The number of guanidine groups is 1. The van der Waals surface area contributed by atoms with E-state index >= 15 is 0 Å². The van der Waals surface area contributed by atoms with E-state index in [0.717, 1.165) is 41.5 Å². The molecule has 1 atom stereocenters. The van der Waals surface area contributed by atoms with E-state index in [1.54, 1.807) is 19.1 Å². The number of benzene rings is 2. The van der Waals surface area contributed by atoms with Gasteiger partial charge in [0.1, 0.15) is 17.2 Å². The average Bonchev–Trinajstić information content (AvgIpc) is 2.82. The Morgan fingerprint density at radius 2 is 2.00 bits per heavy atom. The van der Waals surface area contributed by atoms with Gasteiger partial charge in [0, 0.05) is 25.2 Å². The number of carbonyl (C=O) groups is 1. The summed E-state index contributed by atoms with van der Waals surface area (Å²) in [5, 5.41) is 6.70. The molecule has 2 aromatic rings. The number of fused-ring (bicyclic) bond motifs is 1. The third-order valence-corrected chi connectivity index (χ3v) is 5.22. The molecule has 1 aliphatic rings. The summed E-state index contributed by atoms with van der Waals surface area (Å²) in [6.07, 6.45) is 0.730. The molecule has 1 aliphatic heterocycles. The summed E-state index contributed by atoms with van der Waals surface area (Å²) in [5.41, 5.74) is 1.80. The molecule has 0 spiro atoms. The molecule has 0 fully saturated rings. The molecule has 9 heteroatoms. The molecule has 180 valence electrons. The third-order valence-electron chi connectivity index (χ3n) is 5.22. The second-order valence-corrected chi connectivity index (χ2v) is 7.39. The van der Waals surface area contributed by atoms with Crippen LogP contribution in [0.5, 0.6) is 17.2 Å². The maximum Gasteiger partial charge on any atom is 0.265 e. The first-order chi connectivity index (χ1) is 15.6. The Kier molecular flexibility index (Phi) is 10.6. The second kappa shape index (κ2) is 13.1. The van der Waals surface area contributed by atoms with Gasteiger partial charge in [0.05, 0.1) is 25.9 Å². The summed E-state index contributed by atoms with van der Waals surface area (Å²) in [5.74, 6) is 2.97. The molecule has 1 unspecified atom stereocenters. The number of halogens is 1. The summed E-state index contributed by atoms with van der Waals surface area (Å²) in [6, 6.07) is 13.3. The zero-order chi connectivity index (χ0) is 22.9. The maximum absolute atomic E-state index is 12.3. The van der Waals surface area contributed by atoms with Gasteiger partial charge in [-0.2, -0.15) is 0 Å². The number of hydrogen-bond acceptors (Lipinski definition) is 5. The van der Waals surface area contributed by atoms with Gasteiger partial charge in [0.25, 0.3) is 5.91 Å². The summed E-state index contributed by atoms with van der Waals surface area (Å²) < 4.78 is 16.4. The fourth-order valence-electron chi connectivity index (χ4n) is 3.60. The highest BCUT2D eigenvalue weighted by Crippen LogP contribution is 2.31. The molecule has 0 bridgehead atoms. The lowest BCUT2D eigenvalue weighted by Crippen LogP contribution is -2.40. The van der Waals surface area contributed by atoms with Crippen LogP contribution in [0.1, 0.15) is 31.9 Å². The number of nitrogens with one attached hydrogen (secondary N) is 2. The third kappa shape index (κ3) is 6.89. The topological polar surface area (TPSA) is 84.4 Å². The molecule has 1 heterocycles. The van der Waals surface area contributed by atoms with E-state index < -0.39 is 0 Å². The number of ether oxygens (including phenoxy) is 3. The minimum absolute atomic E-state index is 0. The van der Waals surface area contributed by atoms with E-state index in [0.29, 0.717) is 19.0 Å². The van der Waals surface area contributed by atoms with E-state index in [2.05, 4.69) is 10.6 Å². The molecule has 0 aliphatic carbocycles. The quantitative estimate of drug-likeness (QED) is 0.208. The van der Waals surface area contributed by atoms with Crippen LogP contribution in [0.2, 0.25) is 0 Å². The van der Waals surface area contributed by atoms with Crippen LogP contribution in [0.25, 0.3) is 0 Å². The van der Waals surface area contributed by atoms with Gasteiger partial charge < -0.3 is 29.7 Å².